The Kier molecular flexibility index (Phi) is 4.78. The number of carbonyl (C=O) groups excluding carboxylic acids is 1. The molecule has 0 aromatic rings. The Hall–Kier alpha value is -1.56. The van der Waals surface area contributed by atoms with Gasteiger partial charge in [-0.1, -0.05) is 12.2 Å². The molecule has 1 aliphatic carbocycles. The van der Waals surface area contributed by atoms with Gasteiger partial charge in [0.1, 0.15) is 0 Å². The van der Waals surface area contributed by atoms with Gasteiger partial charge in [-0.05, 0) is 6.42 Å². The van der Waals surface area contributed by atoms with Crippen LogP contribution in [0.5, 0.6) is 0 Å². The number of amides is 2. The van der Waals surface area contributed by atoms with Crippen LogP contribution in [0.25, 0.3) is 0 Å². The van der Waals surface area contributed by atoms with Crippen LogP contribution in [0.2, 0.25) is 0 Å². The van der Waals surface area contributed by atoms with Crippen molar-refractivity contribution in [1.82, 2.24) is 10.6 Å². The number of rotatable bonds is 5. The smallest absolute Gasteiger partial charge is 0.315 e. The summed E-state index contributed by atoms with van der Waals surface area (Å²) < 4.78 is 4.78. The van der Waals surface area contributed by atoms with Gasteiger partial charge in [-0.25, -0.2) is 4.79 Å². The molecule has 0 saturated heterocycles. The first-order valence-corrected chi connectivity index (χ1v) is 5.08. The Morgan fingerprint density at radius 1 is 1.50 bits per heavy atom. The van der Waals surface area contributed by atoms with Gasteiger partial charge >= 0.3 is 12.0 Å². The molecular formula is C10H16N2O4. The van der Waals surface area contributed by atoms with E-state index in [0.717, 1.165) is 0 Å². The summed E-state index contributed by atoms with van der Waals surface area (Å²) in [5.41, 5.74) is 0. The van der Waals surface area contributed by atoms with Crippen LogP contribution >= 0.6 is 0 Å². The van der Waals surface area contributed by atoms with Crippen molar-refractivity contribution in [3.63, 3.8) is 0 Å². The monoisotopic (exact) mass is 228 g/mol. The van der Waals surface area contributed by atoms with Gasteiger partial charge in [0, 0.05) is 13.7 Å². The molecule has 90 valence electrons. The summed E-state index contributed by atoms with van der Waals surface area (Å²) in [6.45, 7) is 0.882. The van der Waals surface area contributed by atoms with Crippen molar-refractivity contribution >= 4 is 12.0 Å². The lowest BCUT2D eigenvalue weighted by molar-refractivity contribution is -0.140. The van der Waals surface area contributed by atoms with Crippen LogP contribution in [0, 0.1) is 5.92 Å². The van der Waals surface area contributed by atoms with E-state index >= 15 is 0 Å². The normalized spacial score (nSPS) is 23.1. The first-order chi connectivity index (χ1) is 7.63. The Bertz CT molecular complexity index is 291. The highest BCUT2D eigenvalue weighted by atomic mass is 16.5. The number of hydrogen-bond acceptors (Lipinski definition) is 3. The van der Waals surface area contributed by atoms with Crippen LogP contribution < -0.4 is 10.6 Å². The van der Waals surface area contributed by atoms with Crippen molar-refractivity contribution in [3.8, 4) is 0 Å². The van der Waals surface area contributed by atoms with Crippen molar-refractivity contribution in [3.05, 3.63) is 12.2 Å². The van der Waals surface area contributed by atoms with Crippen molar-refractivity contribution in [2.75, 3.05) is 20.3 Å². The van der Waals surface area contributed by atoms with Gasteiger partial charge in [-0.2, -0.15) is 0 Å². The molecule has 0 bridgehead atoms. The third kappa shape index (κ3) is 3.90. The average Bonchev–Trinajstić information content (AvgIpc) is 2.66. The van der Waals surface area contributed by atoms with E-state index in [2.05, 4.69) is 10.6 Å². The van der Waals surface area contributed by atoms with E-state index in [1.54, 1.807) is 19.3 Å². The standard InChI is InChI=1S/C10H16N2O4/c1-16-5-4-11-10(15)12-8-3-2-7(6-8)9(13)14/h2-3,7-8H,4-6H2,1H3,(H,13,14)(H2,11,12,15). The molecule has 6 nitrogen and oxygen atoms in total. The summed E-state index contributed by atoms with van der Waals surface area (Å²) in [6.07, 6.45) is 3.71. The maximum absolute atomic E-state index is 11.3. The van der Waals surface area contributed by atoms with Crippen molar-refractivity contribution in [2.45, 2.75) is 12.5 Å². The molecule has 3 N–H and O–H groups in total. The Balaban J connectivity index is 2.21. The molecule has 0 fully saturated rings. The molecule has 0 aromatic carbocycles. The van der Waals surface area contributed by atoms with Crippen LogP contribution in [0.4, 0.5) is 4.79 Å². The SMILES string of the molecule is COCCNC(=O)NC1C=CC(C(=O)O)C1. The lowest BCUT2D eigenvalue weighted by atomic mass is 10.1. The van der Waals surface area contributed by atoms with E-state index in [-0.39, 0.29) is 12.1 Å². The summed E-state index contributed by atoms with van der Waals surface area (Å²) in [5, 5.41) is 14.0. The molecule has 1 rings (SSSR count). The topological polar surface area (TPSA) is 87.7 Å². The van der Waals surface area contributed by atoms with E-state index in [1.807, 2.05) is 0 Å². The predicted molar refractivity (Wildman–Crippen MR) is 57.1 cm³/mol. The highest BCUT2D eigenvalue weighted by Crippen LogP contribution is 2.17. The van der Waals surface area contributed by atoms with Crippen LogP contribution in [-0.4, -0.2) is 43.4 Å². The second-order valence-electron chi connectivity index (χ2n) is 3.56. The molecule has 0 aliphatic heterocycles. The molecule has 0 aromatic heterocycles. The van der Waals surface area contributed by atoms with Gasteiger partial charge in [0.15, 0.2) is 0 Å². The fourth-order valence-corrected chi connectivity index (χ4v) is 1.48. The number of urea groups is 1. The van der Waals surface area contributed by atoms with E-state index < -0.39 is 11.9 Å². The minimum Gasteiger partial charge on any atom is -0.481 e. The first-order valence-electron chi connectivity index (χ1n) is 5.08. The molecule has 2 unspecified atom stereocenters. The van der Waals surface area contributed by atoms with Gasteiger partial charge in [0.25, 0.3) is 0 Å². The number of carboxylic acid groups (broad SMARTS) is 1. The summed E-state index contributed by atoms with van der Waals surface area (Å²) in [5.74, 6) is -1.36. The number of hydrogen-bond donors (Lipinski definition) is 3. The third-order valence-corrected chi connectivity index (χ3v) is 2.31. The summed E-state index contributed by atoms with van der Waals surface area (Å²) >= 11 is 0. The van der Waals surface area contributed by atoms with Crippen molar-refractivity contribution in [2.24, 2.45) is 5.92 Å². The van der Waals surface area contributed by atoms with Gasteiger partial charge in [-0.3, -0.25) is 4.79 Å². The number of ether oxygens (including phenoxy) is 1. The molecule has 6 heteroatoms. The van der Waals surface area contributed by atoms with Crippen LogP contribution in [0.15, 0.2) is 12.2 Å². The molecule has 0 saturated carbocycles. The lowest BCUT2D eigenvalue weighted by Crippen LogP contribution is -2.42. The van der Waals surface area contributed by atoms with Gasteiger partial charge in [0.2, 0.25) is 0 Å². The summed E-state index contributed by atoms with van der Waals surface area (Å²) in [4.78, 5) is 21.9. The summed E-state index contributed by atoms with van der Waals surface area (Å²) in [6, 6.07) is -0.513. The van der Waals surface area contributed by atoms with E-state index in [1.165, 1.54) is 0 Å². The van der Waals surface area contributed by atoms with E-state index in [4.69, 9.17) is 9.84 Å². The van der Waals surface area contributed by atoms with Gasteiger partial charge in [0.05, 0.1) is 18.6 Å². The number of aliphatic carboxylic acids is 1. The first kappa shape index (κ1) is 12.5. The lowest BCUT2D eigenvalue weighted by Gasteiger charge is -2.12. The van der Waals surface area contributed by atoms with E-state index in [9.17, 15) is 9.59 Å². The van der Waals surface area contributed by atoms with Gasteiger partial charge in [-0.15, -0.1) is 0 Å². The molecule has 0 heterocycles. The second kappa shape index (κ2) is 6.12. The fraction of sp³-hybridized carbons (Fsp3) is 0.600. The number of carboxylic acids is 1. The zero-order valence-electron chi connectivity index (χ0n) is 9.10. The van der Waals surface area contributed by atoms with Crippen molar-refractivity contribution < 1.29 is 19.4 Å². The number of nitrogens with one attached hydrogen (secondary N) is 2. The summed E-state index contributed by atoms with van der Waals surface area (Å²) in [7, 11) is 1.55. The van der Waals surface area contributed by atoms with E-state index in [0.29, 0.717) is 19.6 Å². The maximum atomic E-state index is 11.3. The Morgan fingerprint density at radius 3 is 2.81 bits per heavy atom. The Labute approximate surface area is 93.7 Å². The molecule has 0 spiro atoms. The number of methoxy groups -OCH3 is 1. The maximum Gasteiger partial charge on any atom is 0.315 e. The molecule has 0 radical (unpaired) electrons. The van der Waals surface area contributed by atoms with Crippen LogP contribution in [0.1, 0.15) is 6.42 Å². The second-order valence-corrected chi connectivity index (χ2v) is 3.56. The zero-order chi connectivity index (χ0) is 12.0. The molecule has 1 aliphatic rings. The van der Waals surface area contributed by atoms with Crippen LogP contribution in [-0.2, 0) is 9.53 Å². The minimum atomic E-state index is -0.861. The quantitative estimate of drug-likeness (QED) is 0.455. The third-order valence-electron chi connectivity index (χ3n) is 2.31. The average molecular weight is 228 g/mol. The highest BCUT2D eigenvalue weighted by Gasteiger charge is 2.25. The number of carbonyl (C=O) groups is 2. The van der Waals surface area contributed by atoms with Gasteiger partial charge < -0.3 is 20.5 Å². The minimum absolute atomic E-state index is 0.205. The van der Waals surface area contributed by atoms with Crippen molar-refractivity contribution in [1.29, 1.82) is 0 Å². The molecule has 2 atom stereocenters. The zero-order valence-corrected chi connectivity index (χ0v) is 9.10. The fourth-order valence-electron chi connectivity index (χ4n) is 1.48. The molecule has 16 heavy (non-hydrogen) atoms. The highest BCUT2D eigenvalue weighted by molar-refractivity contribution is 5.76. The Morgan fingerprint density at radius 2 is 2.25 bits per heavy atom. The largest absolute Gasteiger partial charge is 0.481 e. The molecular weight excluding hydrogens is 212 g/mol. The molecule has 2 amide bonds. The predicted octanol–water partition coefficient (Wildman–Crippen LogP) is -0.0387. The van der Waals surface area contributed by atoms with Crippen LogP contribution in [0.3, 0.4) is 0 Å².